The third-order valence-corrected chi connectivity index (χ3v) is 10.9. The summed E-state index contributed by atoms with van der Waals surface area (Å²) in [4.78, 5) is 0. The summed E-state index contributed by atoms with van der Waals surface area (Å²) < 4.78 is 16.2. The molecule has 0 atom stereocenters. The summed E-state index contributed by atoms with van der Waals surface area (Å²) in [7, 11) is 0. The van der Waals surface area contributed by atoms with Crippen molar-refractivity contribution in [2.75, 3.05) is 0 Å². The average Bonchev–Trinajstić information content (AvgIpc) is 3.56. The second-order valence-corrected chi connectivity index (χ2v) is 13.6. The number of para-hydroxylation sites is 5. The molecule has 3 heterocycles. The molecule has 3 nitrogen and oxygen atoms in total. The highest BCUT2D eigenvalue weighted by Gasteiger charge is 2.52. The van der Waals surface area contributed by atoms with Gasteiger partial charge in [0, 0.05) is 44.3 Å². The van der Waals surface area contributed by atoms with Gasteiger partial charge in [-0.2, -0.15) is 0 Å². The van der Waals surface area contributed by atoms with Crippen LogP contribution in [-0.4, -0.2) is 4.57 Å². The number of ether oxygens (including phenoxy) is 2. The van der Waals surface area contributed by atoms with Crippen LogP contribution in [0, 0.1) is 0 Å². The van der Waals surface area contributed by atoms with Crippen LogP contribution in [0.5, 0.6) is 23.0 Å². The second-order valence-electron chi connectivity index (χ2n) is 13.6. The highest BCUT2D eigenvalue weighted by Crippen LogP contribution is 2.63. The molecule has 2 aliphatic rings. The van der Waals surface area contributed by atoms with Crippen molar-refractivity contribution in [3.63, 3.8) is 0 Å². The predicted octanol–water partition coefficient (Wildman–Crippen LogP) is 12.7. The predicted molar refractivity (Wildman–Crippen MR) is 210 cm³/mol. The lowest BCUT2D eigenvalue weighted by molar-refractivity contribution is 0.400. The molecule has 0 saturated carbocycles. The van der Waals surface area contributed by atoms with Gasteiger partial charge in [-0.15, -0.1) is 0 Å². The van der Waals surface area contributed by atoms with E-state index in [2.05, 4.69) is 193 Å². The molecule has 0 aliphatic carbocycles. The molecule has 244 valence electrons. The SMILES string of the molecule is c1ccc(-c2ccc3c(c2)C2(c4ccccc4Oc4ccccc42)c2c(cccc2-c2cccc4c5ccccc5n(-c5ccccc5)c24)O3)cc1. The first-order valence-electron chi connectivity index (χ1n) is 17.8. The van der Waals surface area contributed by atoms with Crippen molar-refractivity contribution in [3.8, 4) is 50.9 Å². The van der Waals surface area contributed by atoms with Gasteiger partial charge < -0.3 is 14.0 Å². The largest absolute Gasteiger partial charge is 0.457 e. The Hall–Kier alpha value is -6.84. The van der Waals surface area contributed by atoms with Crippen molar-refractivity contribution in [2.45, 2.75) is 5.41 Å². The summed E-state index contributed by atoms with van der Waals surface area (Å²) in [5.74, 6) is 3.36. The Balaban J connectivity index is 1.31. The average molecular weight is 666 g/mol. The molecule has 52 heavy (non-hydrogen) atoms. The molecule has 9 aromatic rings. The van der Waals surface area contributed by atoms with Crippen molar-refractivity contribution >= 4 is 21.8 Å². The van der Waals surface area contributed by atoms with Crippen LogP contribution < -0.4 is 9.47 Å². The zero-order valence-electron chi connectivity index (χ0n) is 28.2. The van der Waals surface area contributed by atoms with Crippen LogP contribution >= 0.6 is 0 Å². The molecule has 0 saturated heterocycles. The van der Waals surface area contributed by atoms with E-state index in [0.29, 0.717) is 0 Å². The summed E-state index contributed by atoms with van der Waals surface area (Å²) in [5.41, 5.74) is 11.6. The van der Waals surface area contributed by atoms with Gasteiger partial charge in [-0.1, -0.05) is 140 Å². The number of fused-ring (bicyclic) bond motifs is 11. The molecule has 0 radical (unpaired) electrons. The van der Waals surface area contributed by atoms with Gasteiger partial charge in [-0.05, 0) is 65.2 Å². The number of nitrogens with zero attached hydrogens (tertiary/aromatic N) is 1. The molecule has 3 heteroatoms. The lowest BCUT2D eigenvalue weighted by atomic mass is 9.60. The molecule has 0 amide bonds. The number of benzene rings is 8. The van der Waals surface area contributed by atoms with Gasteiger partial charge in [0.2, 0.25) is 0 Å². The minimum Gasteiger partial charge on any atom is -0.457 e. The van der Waals surface area contributed by atoms with Crippen molar-refractivity contribution in [1.82, 2.24) is 4.57 Å². The normalized spacial score (nSPS) is 13.5. The van der Waals surface area contributed by atoms with Crippen molar-refractivity contribution in [1.29, 1.82) is 0 Å². The highest BCUT2D eigenvalue weighted by molar-refractivity contribution is 6.14. The quantitative estimate of drug-likeness (QED) is 0.187. The molecule has 2 aliphatic heterocycles. The van der Waals surface area contributed by atoms with Crippen LogP contribution in [0.3, 0.4) is 0 Å². The van der Waals surface area contributed by atoms with E-state index in [1.54, 1.807) is 0 Å². The highest BCUT2D eigenvalue weighted by atomic mass is 16.5. The van der Waals surface area contributed by atoms with Crippen molar-refractivity contribution in [3.05, 3.63) is 210 Å². The summed E-state index contributed by atoms with van der Waals surface area (Å²) in [6, 6.07) is 67.0. The Morgan fingerprint density at radius 2 is 0.962 bits per heavy atom. The van der Waals surface area contributed by atoms with Gasteiger partial charge in [-0.3, -0.25) is 0 Å². The number of aromatic nitrogens is 1. The number of hydrogen-bond donors (Lipinski definition) is 0. The Bertz CT molecular complexity index is 2810. The minimum atomic E-state index is -0.762. The van der Waals surface area contributed by atoms with E-state index >= 15 is 0 Å². The Morgan fingerprint density at radius 1 is 0.385 bits per heavy atom. The smallest absolute Gasteiger partial charge is 0.132 e. The molecule has 0 unspecified atom stereocenters. The minimum absolute atomic E-state index is 0.762. The molecule has 0 N–H and O–H groups in total. The van der Waals surface area contributed by atoms with Crippen molar-refractivity contribution in [2.24, 2.45) is 0 Å². The summed E-state index contributed by atoms with van der Waals surface area (Å²) in [6.45, 7) is 0. The molecule has 1 aromatic heterocycles. The van der Waals surface area contributed by atoms with Gasteiger partial charge >= 0.3 is 0 Å². The van der Waals surface area contributed by atoms with E-state index in [1.165, 1.54) is 16.3 Å². The fourth-order valence-electron chi connectivity index (χ4n) is 8.84. The van der Waals surface area contributed by atoms with Crippen LogP contribution in [0.15, 0.2) is 188 Å². The molecular formula is C49H31NO2. The maximum Gasteiger partial charge on any atom is 0.132 e. The maximum atomic E-state index is 7.03. The zero-order chi connectivity index (χ0) is 34.2. The number of hydrogen-bond acceptors (Lipinski definition) is 2. The van der Waals surface area contributed by atoms with Gasteiger partial charge in [-0.25, -0.2) is 0 Å². The lowest BCUT2D eigenvalue weighted by Crippen LogP contribution is -2.37. The molecule has 11 rings (SSSR count). The fourth-order valence-corrected chi connectivity index (χ4v) is 8.84. The van der Waals surface area contributed by atoms with Crippen LogP contribution in [0.2, 0.25) is 0 Å². The molecule has 8 aromatic carbocycles. The van der Waals surface area contributed by atoms with E-state index in [4.69, 9.17) is 9.47 Å². The lowest BCUT2D eigenvalue weighted by Gasteiger charge is -2.46. The Kier molecular flexibility index (Phi) is 6.17. The van der Waals surface area contributed by atoms with E-state index in [1.807, 2.05) is 0 Å². The second kappa shape index (κ2) is 11.1. The standard InChI is InChI=1S/C49H31NO2/c1-3-15-32(16-4-1)33-29-30-45-41(31-33)49(39-23-8-11-26-43(39)51-44-27-12-9-24-40(44)49)47-36(20-14-28-46(47)52-45)38-22-13-21-37-35-19-7-10-25-42(35)50(48(37)38)34-17-5-2-6-18-34/h1-31H. The third kappa shape index (κ3) is 3.96. The van der Waals surface area contributed by atoms with Crippen LogP contribution in [-0.2, 0) is 5.41 Å². The van der Waals surface area contributed by atoms with E-state index in [0.717, 1.165) is 78.7 Å². The molecular weight excluding hydrogens is 635 g/mol. The topological polar surface area (TPSA) is 23.4 Å². The van der Waals surface area contributed by atoms with E-state index in [9.17, 15) is 0 Å². The van der Waals surface area contributed by atoms with Gasteiger partial charge in [0.15, 0.2) is 0 Å². The zero-order valence-corrected chi connectivity index (χ0v) is 28.2. The maximum absolute atomic E-state index is 7.03. The first-order chi connectivity index (χ1) is 25.8. The molecule has 0 bridgehead atoms. The monoisotopic (exact) mass is 665 g/mol. The van der Waals surface area contributed by atoms with Crippen LogP contribution in [0.1, 0.15) is 22.3 Å². The van der Waals surface area contributed by atoms with Crippen molar-refractivity contribution < 1.29 is 9.47 Å². The van der Waals surface area contributed by atoms with Gasteiger partial charge in [0.05, 0.1) is 16.4 Å². The molecule has 1 spiro atoms. The van der Waals surface area contributed by atoms with Crippen LogP contribution in [0.25, 0.3) is 49.7 Å². The first-order valence-corrected chi connectivity index (χ1v) is 17.8. The van der Waals surface area contributed by atoms with Crippen LogP contribution in [0.4, 0.5) is 0 Å². The summed E-state index contributed by atoms with van der Waals surface area (Å²) in [5, 5.41) is 2.43. The van der Waals surface area contributed by atoms with E-state index < -0.39 is 5.41 Å². The Morgan fingerprint density at radius 3 is 1.75 bits per heavy atom. The summed E-state index contributed by atoms with van der Waals surface area (Å²) >= 11 is 0. The third-order valence-electron chi connectivity index (χ3n) is 10.9. The van der Waals surface area contributed by atoms with E-state index in [-0.39, 0.29) is 0 Å². The van der Waals surface area contributed by atoms with Gasteiger partial charge in [0.25, 0.3) is 0 Å². The first kappa shape index (κ1) is 28.9. The van der Waals surface area contributed by atoms with Gasteiger partial charge in [0.1, 0.15) is 23.0 Å². The Labute approximate surface area is 301 Å². The fraction of sp³-hybridized carbons (Fsp3) is 0.0204. The summed E-state index contributed by atoms with van der Waals surface area (Å²) in [6.07, 6.45) is 0. The molecule has 0 fully saturated rings. The number of rotatable bonds is 3.